The summed E-state index contributed by atoms with van der Waals surface area (Å²) in [7, 11) is 1.96. The lowest BCUT2D eigenvalue weighted by molar-refractivity contribution is -0.120. The Labute approximate surface area is 160 Å². The summed E-state index contributed by atoms with van der Waals surface area (Å²) in [6, 6.07) is 21.9. The zero-order valence-corrected chi connectivity index (χ0v) is 16.1. The molecular formula is C23H26N2O2. The number of carbonyl (C=O) groups excluding carboxylic acids is 1. The van der Waals surface area contributed by atoms with Gasteiger partial charge >= 0.3 is 0 Å². The Balaban J connectivity index is 1.61. The molecule has 3 aromatic rings. The van der Waals surface area contributed by atoms with Crippen molar-refractivity contribution in [2.45, 2.75) is 26.4 Å². The molecule has 0 saturated carbocycles. The van der Waals surface area contributed by atoms with Gasteiger partial charge in [0.1, 0.15) is 5.75 Å². The molecule has 0 aromatic heterocycles. The molecule has 27 heavy (non-hydrogen) atoms. The molecule has 140 valence electrons. The lowest BCUT2D eigenvalue weighted by Gasteiger charge is -2.24. The topological polar surface area (TPSA) is 41.6 Å². The Kier molecular flexibility index (Phi) is 6.09. The van der Waals surface area contributed by atoms with Crippen molar-refractivity contribution in [3.8, 4) is 5.75 Å². The molecule has 1 atom stereocenters. The van der Waals surface area contributed by atoms with Crippen molar-refractivity contribution in [3.05, 3.63) is 72.3 Å². The Morgan fingerprint density at radius 1 is 1.04 bits per heavy atom. The number of carbonyl (C=O) groups is 1. The van der Waals surface area contributed by atoms with Gasteiger partial charge in [0, 0.05) is 12.2 Å². The van der Waals surface area contributed by atoms with Gasteiger partial charge in [0.25, 0.3) is 0 Å². The molecule has 0 aliphatic carbocycles. The predicted octanol–water partition coefficient (Wildman–Crippen LogP) is 4.70. The van der Waals surface area contributed by atoms with Crippen LogP contribution in [-0.2, 0) is 11.3 Å². The fraction of sp³-hybridized carbons (Fsp3) is 0.261. The maximum absolute atomic E-state index is 12.6. The number of anilines is 1. The highest BCUT2D eigenvalue weighted by Gasteiger charge is 2.18. The van der Waals surface area contributed by atoms with Gasteiger partial charge in [0.2, 0.25) is 5.91 Å². The highest BCUT2D eigenvalue weighted by Crippen LogP contribution is 2.19. The van der Waals surface area contributed by atoms with E-state index in [9.17, 15) is 4.79 Å². The minimum Gasteiger partial charge on any atom is -0.494 e. The summed E-state index contributed by atoms with van der Waals surface area (Å²) in [6.07, 6.45) is 0. The van der Waals surface area contributed by atoms with E-state index in [0.717, 1.165) is 27.8 Å². The third-order valence-corrected chi connectivity index (χ3v) is 4.72. The maximum Gasteiger partial charge on any atom is 0.241 e. The van der Waals surface area contributed by atoms with Crippen LogP contribution in [0.2, 0.25) is 0 Å². The second-order valence-corrected chi connectivity index (χ2v) is 6.72. The minimum absolute atomic E-state index is 0.0151. The third-order valence-electron chi connectivity index (χ3n) is 4.72. The van der Waals surface area contributed by atoms with Crippen LogP contribution in [-0.4, -0.2) is 30.5 Å². The third kappa shape index (κ3) is 4.86. The fourth-order valence-electron chi connectivity index (χ4n) is 3.00. The average molecular weight is 362 g/mol. The molecule has 0 spiro atoms. The lowest BCUT2D eigenvalue weighted by Crippen LogP contribution is -2.39. The number of amides is 1. The summed E-state index contributed by atoms with van der Waals surface area (Å²) in [5.74, 6) is 0.852. The van der Waals surface area contributed by atoms with Gasteiger partial charge in [0.05, 0.1) is 12.6 Å². The first kappa shape index (κ1) is 18.9. The molecule has 0 aliphatic heterocycles. The zero-order valence-electron chi connectivity index (χ0n) is 16.1. The van der Waals surface area contributed by atoms with Crippen molar-refractivity contribution in [3.63, 3.8) is 0 Å². The van der Waals surface area contributed by atoms with Gasteiger partial charge in [-0.15, -0.1) is 0 Å². The van der Waals surface area contributed by atoms with Gasteiger partial charge in [-0.2, -0.15) is 0 Å². The van der Waals surface area contributed by atoms with E-state index in [1.54, 1.807) is 0 Å². The minimum atomic E-state index is -0.247. The first-order valence-electron chi connectivity index (χ1n) is 9.28. The standard InChI is InChI=1S/C23H26N2O2/c1-4-27-22-13-9-18(10-14-22)16-25(3)17(2)23(26)24-21-12-11-19-7-5-6-8-20(19)15-21/h5-15,17H,4,16H2,1-3H3,(H,24,26)/t17-/m1/s1. The Morgan fingerprint density at radius 2 is 1.74 bits per heavy atom. The molecule has 4 nitrogen and oxygen atoms in total. The Bertz CT molecular complexity index is 906. The van der Waals surface area contributed by atoms with Crippen LogP contribution in [0.3, 0.4) is 0 Å². The van der Waals surface area contributed by atoms with Crippen LogP contribution in [0.1, 0.15) is 19.4 Å². The number of nitrogens with one attached hydrogen (secondary N) is 1. The van der Waals surface area contributed by atoms with Crippen LogP contribution in [0.5, 0.6) is 5.75 Å². The molecule has 1 N–H and O–H groups in total. The molecule has 1 amide bonds. The molecule has 0 heterocycles. The van der Waals surface area contributed by atoms with E-state index in [4.69, 9.17) is 4.74 Å². The Morgan fingerprint density at radius 3 is 2.44 bits per heavy atom. The highest BCUT2D eigenvalue weighted by atomic mass is 16.5. The van der Waals surface area contributed by atoms with Crippen LogP contribution in [0.15, 0.2) is 66.7 Å². The smallest absolute Gasteiger partial charge is 0.241 e. The van der Waals surface area contributed by atoms with Crippen LogP contribution in [0.4, 0.5) is 5.69 Å². The molecule has 0 fully saturated rings. The summed E-state index contributed by atoms with van der Waals surface area (Å²) < 4.78 is 5.47. The molecule has 0 radical (unpaired) electrons. The van der Waals surface area contributed by atoms with Crippen molar-refractivity contribution in [1.29, 1.82) is 0 Å². The molecule has 0 bridgehead atoms. The number of hydrogen-bond donors (Lipinski definition) is 1. The monoisotopic (exact) mass is 362 g/mol. The van der Waals surface area contributed by atoms with Gasteiger partial charge in [-0.25, -0.2) is 0 Å². The quantitative estimate of drug-likeness (QED) is 0.662. The molecule has 0 saturated heterocycles. The predicted molar refractivity (Wildman–Crippen MR) is 111 cm³/mol. The first-order chi connectivity index (χ1) is 13.1. The molecule has 3 rings (SSSR count). The molecule has 4 heteroatoms. The van der Waals surface area contributed by atoms with Gasteiger partial charge in [-0.1, -0.05) is 42.5 Å². The number of ether oxygens (including phenoxy) is 1. The second-order valence-electron chi connectivity index (χ2n) is 6.72. The normalized spacial score (nSPS) is 12.1. The van der Waals surface area contributed by atoms with E-state index < -0.39 is 0 Å². The van der Waals surface area contributed by atoms with E-state index in [2.05, 4.69) is 11.4 Å². The van der Waals surface area contributed by atoms with Gasteiger partial charge < -0.3 is 10.1 Å². The van der Waals surface area contributed by atoms with Crippen LogP contribution in [0, 0.1) is 0 Å². The summed E-state index contributed by atoms with van der Waals surface area (Å²) >= 11 is 0. The first-order valence-corrected chi connectivity index (χ1v) is 9.28. The van der Waals surface area contributed by atoms with E-state index in [1.807, 2.05) is 86.5 Å². The summed E-state index contributed by atoms with van der Waals surface area (Å²) in [5.41, 5.74) is 1.96. The summed E-state index contributed by atoms with van der Waals surface area (Å²) in [4.78, 5) is 14.7. The van der Waals surface area contributed by atoms with Gasteiger partial charge in [0.15, 0.2) is 0 Å². The van der Waals surface area contributed by atoms with Crippen LogP contribution < -0.4 is 10.1 Å². The van der Waals surface area contributed by atoms with Gasteiger partial charge in [-0.3, -0.25) is 9.69 Å². The maximum atomic E-state index is 12.6. The molecule has 0 aliphatic rings. The van der Waals surface area contributed by atoms with Crippen molar-refractivity contribution in [2.75, 3.05) is 19.0 Å². The van der Waals surface area contributed by atoms with Crippen molar-refractivity contribution < 1.29 is 9.53 Å². The summed E-state index contributed by atoms with van der Waals surface area (Å²) in [6.45, 7) is 5.24. The average Bonchev–Trinajstić information content (AvgIpc) is 2.69. The zero-order chi connectivity index (χ0) is 19.2. The van der Waals surface area contributed by atoms with Crippen LogP contribution in [0.25, 0.3) is 10.8 Å². The SMILES string of the molecule is CCOc1ccc(CN(C)[C@H](C)C(=O)Nc2ccc3ccccc3c2)cc1. The molecule has 0 unspecified atom stereocenters. The molecular weight excluding hydrogens is 336 g/mol. The largest absolute Gasteiger partial charge is 0.494 e. The van der Waals surface area contributed by atoms with Gasteiger partial charge in [-0.05, 0) is 61.5 Å². The van der Waals surface area contributed by atoms with Crippen molar-refractivity contribution in [1.82, 2.24) is 4.90 Å². The van der Waals surface area contributed by atoms with Crippen molar-refractivity contribution in [2.24, 2.45) is 0 Å². The number of benzene rings is 3. The number of hydrogen-bond acceptors (Lipinski definition) is 3. The lowest BCUT2D eigenvalue weighted by atomic mass is 10.1. The highest BCUT2D eigenvalue weighted by molar-refractivity contribution is 5.97. The fourth-order valence-corrected chi connectivity index (χ4v) is 3.00. The number of rotatable bonds is 7. The number of nitrogens with zero attached hydrogens (tertiary/aromatic N) is 1. The number of likely N-dealkylation sites (N-methyl/N-ethyl adjacent to an activating group) is 1. The number of fused-ring (bicyclic) bond motifs is 1. The van der Waals surface area contributed by atoms with E-state index in [0.29, 0.717) is 13.2 Å². The van der Waals surface area contributed by atoms with Crippen LogP contribution >= 0.6 is 0 Å². The Hall–Kier alpha value is -2.85. The summed E-state index contributed by atoms with van der Waals surface area (Å²) in [5, 5.41) is 5.31. The van der Waals surface area contributed by atoms with E-state index in [1.165, 1.54) is 0 Å². The van der Waals surface area contributed by atoms with E-state index >= 15 is 0 Å². The second kappa shape index (κ2) is 8.69. The van der Waals surface area contributed by atoms with E-state index in [-0.39, 0.29) is 11.9 Å². The van der Waals surface area contributed by atoms with Crippen molar-refractivity contribution >= 4 is 22.4 Å². The molecule has 3 aromatic carbocycles.